The van der Waals surface area contributed by atoms with Crippen LogP contribution in [0.1, 0.15) is 16.9 Å². The molecule has 0 saturated carbocycles. The van der Waals surface area contributed by atoms with Gasteiger partial charge in [0.05, 0.1) is 12.8 Å². The van der Waals surface area contributed by atoms with Crippen LogP contribution in [0.4, 0.5) is 5.69 Å². The number of carbonyl (C=O) groups excluding carboxylic acids is 2. The van der Waals surface area contributed by atoms with Gasteiger partial charge in [-0.2, -0.15) is 12.6 Å². The predicted octanol–water partition coefficient (Wildman–Crippen LogP) is 1.15. The molecule has 18 heavy (non-hydrogen) atoms. The molecule has 2 heterocycles. The van der Waals surface area contributed by atoms with Gasteiger partial charge in [-0.1, -0.05) is 0 Å². The van der Waals surface area contributed by atoms with Crippen molar-refractivity contribution in [3.05, 3.63) is 24.0 Å². The van der Waals surface area contributed by atoms with Crippen molar-refractivity contribution in [2.24, 2.45) is 5.92 Å². The molecular formula is C12H14N2O3S. The van der Waals surface area contributed by atoms with Gasteiger partial charge in [0.15, 0.2) is 5.69 Å². The molecule has 0 aromatic carbocycles. The summed E-state index contributed by atoms with van der Waals surface area (Å²) in [5.41, 5.74) is 0.687. The fourth-order valence-corrected chi connectivity index (χ4v) is 2.25. The Morgan fingerprint density at radius 2 is 2.44 bits per heavy atom. The Morgan fingerprint density at radius 3 is 3.06 bits per heavy atom. The predicted molar refractivity (Wildman–Crippen MR) is 69.9 cm³/mol. The first-order valence-corrected chi connectivity index (χ1v) is 6.25. The minimum Gasteiger partial charge on any atom is -0.464 e. The molecule has 1 amide bonds. The number of hydrogen-bond donors (Lipinski definition) is 1. The van der Waals surface area contributed by atoms with E-state index in [-0.39, 0.29) is 17.5 Å². The summed E-state index contributed by atoms with van der Waals surface area (Å²) in [7, 11) is 1.29. The number of methoxy groups -OCH3 is 1. The normalized spacial score (nSPS) is 19.1. The van der Waals surface area contributed by atoms with Gasteiger partial charge < -0.3 is 9.64 Å². The molecule has 5 nitrogen and oxygen atoms in total. The second kappa shape index (κ2) is 5.39. The van der Waals surface area contributed by atoms with E-state index in [0.29, 0.717) is 24.4 Å². The Balaban J connectivity index is 2.34. The third kappa shape index (κ3) is 2.33. The van der Waals surface area contributed by atoms with Crippen molar-refractivity contribution in [1.82, 2.24) is 4.98 Å². The first-order valence-electron chi connectivity index (χ1n) is 5.62. The van der Waals surface area contributed by atoms with Crippen LogP contribution in [0.25, 0.3) is 0 Å². The first-order chi connectivity index (χ1) is 8.67. The van der Waals surface area contributed by atoms with E-state index in [1.807, 2.05) is 0 Å². The summed E-state index contributed by atoms with van der Waals surface area (Å²) in [6.07, 6.45) is 1.96. The largest absolute Gasteiger partial charge is 0.464 e. The van der Waals surface area contributed by atoms with Gasteiger partial charge in [-0.25, -0.2) is 9.78 Å². The Bertz CT molecular complexity index is 478. The minimum absolute atomic E-state index is 0.00722. The van der Waals surface area contributed by atoms with Crippen molar-refractivity contribution in [1.29, 1.82) is 0 Å². The van der Waals surface area contributed by atoms with Crippen LogP contribution in [0.2, 0.25) is 0 Å². The van der Waals surface area contributed by atoms with Crippen LogP contribution >= 0.6 is 12.6 Å². The van der Waals surface area contributed by atoms with Gasteiger partial charge in [0, 0.05) is 19.2 Å². The van der Waals surface area contributed by atoms with Crippen molar-refractivity contribution in [3.8, 4) is 0 Å². The first kappa shape index (κ1) is 12.9. The highest BCUT2D eigenvalue weighted by Gasteiger charge is 2.32. The molecule has 96 valence electrons. The van der Waals surface area contributed by atoms with Crippen LogP contribution in [0.3, 0.4) is 0 Å². The number of anilines is 1. The zero-order chi connectivity index (χ0) is 13.1. The third-order valence-corrected chi connectivity index (χ3v) is 3.44. The van der Waals surface area contributed by atoms with Gasteiger partial charge in [0.25, 0.3) is 0 Å². The van der Waals surface area contributed by atoms with Gasteiger partial charge >= 0.3 is 5.97 Å². The smallest absolute Gasteiger partial charge is 0.358 e. The van der Waals surface area contributed by atoms with Crippen LogP contribution in [0.15, 0.2) is 18.3 Å². The van der Waals surface area contributed by atoms with E-state index in [9.17, 15) is 9.59 Å². The number of thiol groups is 1. The lowest BCUT2D eigenvalue weighted by atomic mass is 10.1. The van der Waals surface area contributed by atoms with E-state index in [1.54, 1.807) is 17.0 Å². The van der Waals surface area contributed by atoms with Gasteiger partial charge in [-0.15, -0.1) is 0 Å². The molecule has 1 fully saturated rings. The highest BCUT2D eigenvalue weighted by molar-refractivity contribution is 7.80. The summed E-state index contributed by atoms with van der Waals surface area (Å²) >= 11 is 4.21. The molecule has 0 bridgehead atoms. The maximum atomic E-state index is 11.9. The number of ether oxygens (including phenoxy) is 1. The molecule has 2 rings (SSSR count). The SMILES string of the molecule is COC(=O)c1ncccc1N1CC(CS)CC1=O. The average Bonchev–Trinajstić information content (AvgIpc) is 2.79. The summed E-state index contributed by atoms with van der Waals surface area (Å²) in [6, 6.07) is 3.40. The number of carbonyl (C=O) groups is 2. The van der Waals surface area contributed by atoms with Gasteiger partial charge in [-0.05, 0) is 23.8 Å². The molecule has 0 aliphatic carbocycles. The number of esters is 1. The Labute approximate surface area is 111 Å². The fraction of sp³-hybridized carbons (Fsp3) is 0.417. The van der Waals surface area contributed by atoms with Crippen molar-refractivity contribution >= 4 is 30.2 Å². The molecule has 1 aliphatic heterocycles. The average molecular weight is 266 g/mol. The summed E-state index contributed by atoms with van der Waals surface area (Å²) in [6.45, 7) is 0.567. The van der Waals surface area contributed by atoms with Crippen molar-refractivity contribution in [2.45, 2.75) is 6.42 Å². The van der Waals surface area contributed by atoms with E-state index in [4.69, 9.17) is 0 Å². The zero-order valence-electron chi connectivity index (χ0n) is 10.00. The van der Waals surface area contributed by atoms with Crippen molar-refractivity contribution in [2.75, 3.05) is 24.3 Å². The maximum absolute atomic E-state index is 11.9. The molecule has 1 saturated heterocycles. The second-order valence-electron chi connectivity index (χ2n) is 4.12. The number of amides is 1. The fourth-order valence-electron chi connectivity index (χ4n) is 2.01. The Kier molecular flexibility index (Phi) is 3.86. The lowest BCUT2D eigenvalue weighted by Crippen LogP contribution is -2.27. The molecule has 0 N–H and O–H groups in total. The molecule has 1 aromatic heterocycles. The molecule has 1 aliphatic rings. The van der Waals surface area contributed by atoms with E-state index >= 15 is 0 Å². The lowest BCUT2D eigenvalue weighted by Gasteiger charge is -2.18. The van der Waals surface area contributed by atoms with Crippen molar-refractivity contribution in [3.63, 3.8) is 0 Å². The second-order valence-corrected chi connectivity index (χ2v) is 4.48. The zero-order valence-corrected chi connectivity index (χ0v) is 10.9. The van der Waals surface area contributed by atoms with Crippen LogP contribution in [-0.2, 0) is 9.53 Å². The number of aromatic nitrogens is 1. The van der Waals surface area contributed by atoms with E-state index in [2.05, 4.69) is 22.3 Å². The third-order valence-electron chi connectivity index (χ3n) is 2.92. The molecule has 1 aromatic rings. The van der Waals surface area contributed by atoms with Gasteiger partial charge in [0.2, 0.25) is 5.91 Å². The number of nitrogens with zero attached hydrogens (tertiary/aromatic N) is 2. The van der Waals surface area contributed by atoms with Crippen LogP contribution in [-0.4, -0.2) is 36.3 Å². The molecule has 0 radical (unpaired) electrons. The van der Waals surface area contributed by atoms with Crippen LogP contribution < -0.4 is 4.90 Å². The van der Waals surface area contributed by atoms with Crippen LogP contribution in [0, 0.1) is 5.92 Å². The minimum atomic E-state index is -0.535. The molecule has 1 unspecified atom stereocenters. The van der Waals surface area contributed by atoms with E-state index in [0.717, 1.165) is 0 Å². The molecule has 1 atom stereocenters. The monoisotopic (exact) mass is 266 g/mol. The Hall–Kier alpha value is -1.56. The lowest BCUT2D eigenvalue weighted by molar-refractivity contribution is -0.117. The summed E-state index contributed by atoms with van der Waals surface area (Å²) in [5, 5.41) is 0. The quantitative estimate of drug-likeness (QED) is 0.658. The summed E-state index contributed by atoms with van der Waals surface area (Å²) in [5.74, 6) is 0.322. The standard InChI is InChI=1S/C12H14N2O3S/c1-17-12(16)11-9(3-2-4-13-11)14-6-8(7-18)5-10(14)15/h2-4,8,18H,5-7H2,1H3. The summed E-state index contributed by atoms with van der Waals surface area (Å²) < 4.78 is 4.67. The van der Waals surface area contributed by atoms with Crippen LogP contribution in [0.5, 0.6) is 0 Å². The molecular weight excluding hydrogens is 252 g/mol. The highest BCUT2D eigenvalue weighted by atomic mass is 32.1. The molecule has 6 heteroatoms. The number of rotatable bonds is 3. The highest BCUT2D eigenvalue weighted by Crippen LogP contribution is 2.27. The van der Waals surface area contributed by atoms with E-state index < -0.39 is 5.97 Å². The van der Waals surface area contributed by atoms with Crippen molar-refractivity contribution < 1.29 is 14.3 Å². The number of hydrogen-bond acceptors (Lipinski definition) is 5. The number of pyridine rings is 1. The maximum Gasteiger partial charge on any atom is 0.358 e. The topological polar surface area (TPSA) is 59.5 Å². The summed E-state index contributed by atoms with van der Waals surface area (Å²) in [4.78, 5) is 29.1. The van der Waals surface area contributed by atoms with Gasteiger partial charge in [-0.3, -0.25) is 4.79 Å². The molecule has 0 spiro atoms. The van der Waals surface area contributed by atoms with E-state index in [1.165, 1.54) is 13.3 Å². The Morgan fingerprint density at radius 1 is 1.67 bits per heavy atom. The van der Waals surface area contributed by atoms with Gasteiger partial charge in [0.1, 0.15) is 0 Å².